The lowest BCUT2D eigenvalue weighted by atomic mass is 10.2. The zero-order chi connectivity index (χ0) is 22.0. The second-order valence-electron chi connectivity index (χ2n) is 7.71. The van der Waals surface area contributed by atoms with Crippen molar-refractivity contribution in [1.82, 2.24) is 14.9 Å². The van der Waals surface area contributed by atoms with Gasteiger partial charge in [-0.25, -0.2) is 4.98 Å². The SMILES string of the molecule is COc1ccc(C)cc1-n1c(SCC(=O)NC2CCCC2)nc2cc(Cl)ccc2c1=O. The number of hydrogen-bond acceptors (Lipinski definition) is 5. The third-order valence-electron chi connectivity index (χ3n) is 5.43. The van der Waals surface area contributed by atoms with E-state index in [-0.39, 0.29) is 23.3 Å². The molecular formula is C23H24ClN3O3S. The summed E-state index contributed by atoms with van der Waals surface area (Å²) in [4.78, 5) is 30.7. The molecule has 0 unspecified atom stereocenters. The van der Waals surface area contributed by atoms with E-state index in [0.717, 1.165) is 31.2 Å². The van der Waals surface area contributed by atoms with Crippen molar-refractivity contribution in [1.29, 1.82) is 0 Å². The van der Waals surface area contributed by atoms with Gasteiger partial charge in [0.2, 0.25) is 5.91 Å². The second kappa shape index (κ2) is 9.32. The molecule has 1 aromatic heterocycles. The van der Waals surface area contributed by atoms with Crippen LogP contribution in [0.25, 0.3) is 16.6 Å². The molecule has 0 atom stereocenters. The number of aryl methyl sites for hydroxylation is 1. The van der Waals surface area contributed by atoms with Crippen LogP contribution >= 0.6 is 23.4 Å². The van der Waals surface area contributed by atoms with Gasteiger partial charge in [0.05, 0.1) is 29.5 Å². The Balaban J connectivity index is 1.77. The topological polar surface area (TPSA) is 73.2 Å². The van der Waals surface area contributed by atoms with Crippen LogP contribution in [-0.4, -0.2) is 34.4 Å². The summed E-state index contributed by atoms with van der Waals surface area (Å²) in [5.41, 5.74) is 1.84. The molecule has 0 saturated heterocycles. The fourth-order valence-electron chi connectivity index (χ4n) is 3.89. The number of methoxy groups -OCH3 is 1. The minimum absolute atomic E-state index is 0.0555. The zero-order valence-corrected chi connectivity index (χ0v) is 19.1. The molecule has 0 aliphatic heterocycles. The van der Waals surface area contributed by atoms with E-state index < -0.39 is 0 Å². The zero-order valence-electron chi connectivity index (χ0n) is 17.5. The number of hydrogen-bond donors (Lipinski definition) is 1. The van der Waals surface area contributed by atoms with Gasteiger partial charge < -0.3 is 10.1 Å². The number of rotatable bonds is 6. The van der Waals surface area contributed by atoms with Gasteiger partial charge in [0.15, 0.2) is 5.16 Å². The predicted octanol–water partition coefficient (Wildman–Crippen LogP) is 4.51. The van der Waals surface area contributed by atoms with Crippen molar-refractivity contribution in [2.75, 3.05) is 12.9 Å². The maximum atomic E-state index is 13.5. The molecule has 1 saturated carbocycles. The minimum Gasteiger partial charge on any atom is -0.495 e. The quantitative estimate of drug-likeness (QED) is 0.435. The van der Waals surface area contributed by atoms with Gasteiger partial charge in [-0.05, 0) is 55.7 Å². The Kier molecular flexibility index (Phi) is 6.53. The minimum atomic E-state index is -0.232. The van der Waals surface area contributed by atoms with Crippen LogP contribution < -0.4 is 15.6 Å². The number of amides is 1. The number of carbonyl (C=O) groups excluding carboxylic acids is 1. The summed E-state index contributed by atoms with van der Waals surface area (Å²) in [6, 6.07) is 10.9. The Labute approximate surface area is 190 Å². The lowest BCUT2D eigenvalue weighted by molar-refractivity contribution is -0.119. The van der Waals surface area contributed by atoms with Crippen LogP contribution in [0.15, 0.2) is 46.3 Å². The molecular weight excluding hydrogens is 434 g/mol. The molecule has 0 bridgehead atoms. The van der Waals surface area contributed by atoms with E-state index in [4.69, 9.17) is 16.3 Å². The third-order valence-corrected chi connectivity index (χ3v) is 6.60. The first kappa shape index (κ1) is 21.7. The van der Waals surface area contributed by atoms with Gasteiger partial charge in [0.1, 0.15) is 5.75 Å². The summed E-state index contributed by atoms with van der Waals surface area (Å²) in [5.74, 6) is 0.670. The lowest BCUT2D eigenvalue weighted by Gasteiger charge is -2.17. The van der Waals surface area contributed by atoms with Crippen LogP contribution in [0, 0.1) is 6.92 Å². The molecule has 31 heavy (non-hydrogen) atoms. The molecule has 8 heteroatoms. The van der Waals surface area contributed by atoms with Gasteiger partial charge in [-0.2, -0.15) is 0 Å². The first-order chi connectivity index (χ1) is 15.0. The Morgan fingerprint density at radius 2 is 2.03 bits per heavy atom. The highest BCUT2D eigenvalue weighted by atomic mass is 35.5. The number of ether oxygens (including phenoxy) is 1. The van der Waals surface area contributed by atoms with E-state index in [0.29, 0.717) is 32.5 Å². The largest absolute Gasteiger partial charge is 0.495 e. The first-order valence-electron chi connectivity index (χ1n) is 10.3. The highest BCUT2D eigenvalue weighted by Gasteiger charge is 2.20. The van der Waals surface area contributed by atoms with Crippen molar-refractivity contribution in [3.63, 3.8) is 0 Å². The number of aromatic nitrogens is 2. The molecule has 3 aromatic rings. The highest BCUT2D eigenvalue weighted by molar-refractivity contribution is 7.99. The molecule has 1 aliphatic rings. The van der Waals surface area contributed by atoms with Gasteiger partial charge in [0, 0.05) is 11.1 Å². The summed E-state index contributed by atoms with van der Waals surface area (Å²) in [7, 11) is 1.56. The van der Waals surface area contributed by atoms with Crippen molar-refractivity contribution in [3.05, 3.63) is 57.3 Å². The molecule has 1 fully saturated rings. The Hall–Kier alpha value is -2.51. The fraction of sp³-hybridized carbons (Fsp3) is 0.348. The molecule has 1 heterocycles. The maximum absolute atomic E-state index is 13.5. The predicted molar refractivity (Wildman–Crippen MR) is 125 cm³/mol. The summed E-state index contributed by atoms with van der Waals surface area (Å²) in [6.07, 6.45) is 4.35. The van der Waals surface area contributed by atoms with E-state index in [2.05, 4.69) is 10.3 Å². The van der Waals surface area contributed by atoms with Crippen molar-refractivity contribution in [3.8, 4) is 11.4 Å². The van der Waals surface area contributed by atoms with Crippen molar-refractivity contribution in [2.24, 2.45) is 0 Å². The van der Waals surface area contributed by atoms with Crippen LogP contribution in [0.2, 0.25) is 5.02 Å². The van der Waals surface area contributed by atoms with Crippen LogP contribution in [-0.2, 0) is 4.79 Å². The van der Waals surface area contributed by atoms with Gasteiger partial charge in [-0.3, -0.25) is 14.2 Å². The molecule has 6 nitrogen and oxygen atoms in total. The average molecular weight is 458 g/mol. The van der Waals surface area contributed by atoms with E-state index in [1.54, 1.807) is 25.3 Å². The molecule has 1 amide bonds. The monoisotopic (exact) mass is 457 g/mol. The van der Waals surface area contributed by atoms with Crippen molar-refractivity contribution in [2.45, 2.75) is 43.8 Å². The molecule has 0 spiro atoms. The average Bonchev–Trinajstić information content (AvgIpc) is 3.25. The second-order valence-corrected chi connectivity index (χ2v) is 9.09. The lowest BCUT2D eigenvalue weighted by Crippen LogP contribution is -2.34. The first-order valence-corrected chi connectivity index (χ1v) is 11.6. The number of nitrogens with one attached hydrogen (secondary N) is 1. The molecule has 1 aliphatic carbocycles. The number of nitrogens with zero attached hydrogens (tertiary/aromatic N) is 2. The van der Waals surface area contributed by atoms with E-state index in [1.807, 2.05) is 25.1 Å². The van der Waals surface area contributed by atoms with E-state index in [9.17, 15) is 9.59 Å². The van der Waals surface area contributed by atoms with E-state index >= 15 is 0 Å². The van der Waals surface area contributed by atoms with E-state index in [1.165, 1.54) is 16.3 Å². The van der Waals surface area contributed by atoms with Crippen molar-refractivity contribution >= 4 is 40.2 Å². The number of halogens is 1. The Morgan fingerprint density at radius 3 is 2.77 bits per heavy atom. The van der Waals surface area contributed by atoms with Crippen LogP contribution in [0.3, 0.4) is 0 Å². The molecule has 162 valence electrons. The Bertz CT molecular complexity index is 1190. The third kappa shape index (κ3) is 4.72. The van der Waals surface area contributed by atoms with Gasteiger partial charge >= 0.3 is 0 Å². The summed E-state index contributed by atoms with van der Waals surface area (Å²) in [6.45, 7) is 1.95. The smallest absolute Gasteiger partial charge is 0.266 e. The number of thioether (sulfide) groups is 1. The number of fused-ring (bicyclic) bond motifs is 1. The van der Waals surface area contributed by atoms with Gasteiger partial charge in [0.25, 0.3) is 5.56 Å². The summed E-state index contributed by atoms with van der Waals surface area (Å²) >= 11 is 7.37. The molecule has 4 rings (SSSR count). The number of benzene rings is 2. The Morgan fingerprint density at radius 1 is 1.26 bits per heavy atom. The maximum Gasteiger partial charge on any atom is 0.266 e. The number of carbonyl (C=O) groups is 1. The molecule has 2 aromatic carbocycles. The van der Waals surface area contributed by atoms with Crippen LogP contribution in [0.4, 0.5) is 0 Å². The van der Waals surface area contributed by atoms with Crippen molar-refractivity contribution < 1.29 is 9.53 Å². The van der Waals surface area contributed by atoms with Gasteiger partial charge in [-0.1, -0.05) is 42.3 Å². The normalized spacial score (nSPS) is 14.2. The van der Waals surface area contributed by atoms with Crippen LogP contribution in [0.5, 0.6) is 5.75 Å². The highest BCUT2D eigenvalue weighted by Crippen LogP contribution is 2.29. The standard InChI is InChI=1S/C23H24ClN3O3S/c1-14-7-10-20(30-2)19(11-14)27-22(29)17-9-8-15(24)12-18(17)26-23(27)31-13-21(28)25-16-5-3-4-6-16/h7-12,16H,3-6,13H2,1-2H3,(H,25,28). The summed E-state index contributed by atoms with van der Waals surface area (Å²) in [5, 5.41) is 4.45. The summed E-state index contributed by atoms with van der Waals surface area (Å²) < 4.78 is 7.04. The molecule has 1 N–H and O–H groups in total. The van der Waals surface area contributed by atoms with Gasteiger partial charge in [-0.15, -0.1) is 0 Å². The molecule has 0 radical (unpaired) electrons. The fourth-order valence-corrected chi connectivity index (χ4v) is 4.88. The van der Waals surface area contributed by atoms with Crippen LogP contribution in [0.1, 0.15) is 31.2 Å².